The molecule has 3 amide bonds. The molecule has 2 fully saturated rings. The van der Waals surface area contributed by atoms with Crippen molar-refractivity contribution in [2.75, 3.05) is 44.7 Å². The SMILES string of the molecule is O=C(Nc1cc(C(=O)N2CCCC(C(=O)N3CCOCC3)C2)ccc1Cl)c1cccs1. The van der Waals surface area contributed by atoms with Crippen LogP contribution >= 0.6 is 22.9 Å². The second-order valence-corrected chi connectivity index (χ2v) is 9.01. The first-order valence-corrected chi connectivity index (χ1v) is 11.6. The van der Waals surface area contributed by atoms with E-state index in [1.807, 2.05) is 10.3 Å². The molecule has 31 heavy (non-hydrogen) atoms. The molecule has 9 heteroatoms. The number of nitrogens with zero attached hydrogens (tertiary/aromatic N) is 2. The summed E-state index contributed by atoms with van der Waals surface area (Å²) in [6.07, 6.45) is 1.56. The lowest BCUT2D eigenvalue weighted by molar-refractivity contribution is -0.141. The number of amides is 3. The summed E-state index contributed by atoms with van der Waals surface area (Å²) >= 11 is 7.58. The van der Waals surface area contributed by atoms with E-state index in [9.17, 15) is 14.4 Å². The summed E-state index contributed by atoms with van der Waals surface area (Å²) in [6, 6.07) is 8.38. The first-order valence-electron chi connectivity index (χ1n) is 10.3. The Kier molecular flexibility index (Phi) is 6.89. The van der Waals surface area contributed by atoms with Crippen molar-refractivity contribution in [2.45, 2.75) is 12.8 Å². The molecular weight excluding hydrogens is 438 g/mol. The van der Waals surface area contributed by atoms with Crippen LogP contribution in [0.1, 0.15) is 32.9 Å². The molecule has 3 heterocycles. The maximum Gasteiger partial charge on any atom is 0.265 e. The highest BCUT2D eigenvalue weighted by atomic mass is 35.5. The van der Waals surface area contributed by atoms with Crippen molar-refractivity contribution in [3.8, 4) is 0 Å². The predicted molar refractivity (Wildman–Crippen MR) is 120 cm³/mol. The van der Waals surface area contributed by atoms with Crippen LogP contribution in [-0.4, -0.2) is 66.9 Å². The number of piperidine rings is 1. The lowest BCUT2D eigenvalue weighted by Crippen LogP contribution is -2.49. The number of likely N-dealkylation sites (tertiary alicyclic amines) is 1. The predicted octanol–water partition coefficient (Wildman–Crippen LogP) is 3.36. The molecule has 2 aliphatic heterocycles. The fraction of sp³-hybridized carbons (Fsp3) is 0.409. The monoisotopic (exact) mass is 461 g/mol. The minimum Gasteiger partial charge on any atom is -0.378 e. The first-order chi connectivity index (χ1) is 15.0. The summed E-state index contributed by atoms with van der Waals surface area (Å²) in [5.74, 6) is -0.527. The molecular formula is C22H24ClN3O4S. The van der Waals surface area contributed by atoms with Gasteiger partial charge in [-0.3, -0.25) is 14.4 Å². The number of nitrogens with one attached hydrogen (secondary N) is 1. The quantitative estimate of drug-likeness (QED) is 0.757. The van der Waals surface area contributed by atoms with Crippen LogP contribution in [0.4, 0.5) is 5.69 Å². The first kappa shape index (κ1) is 21.8. The molecule has 1 N–H and O–H groups in total. The van der Waals surface area contributed by atoms with Gasteiger partial charge in [0, 0.05) is 31.7 Å². The standard InChI is InChI=1S/C22H24ClN3O4S/c23-17-6-5-15(13-18(17)24-20(27)19-4-2-12-31-19)21(28)26-7-1-3-16(14-26)22(29)25-8-10-30-11-9-25/h2,4-6,12-13,16H,1,3,7-11,14H2,(H,24,27). The maximum absolute atomic E-state index is 13.1. The van der Waals surface area contributed by atoms with E-state index in [0.29, 0.717) is 60.5 Å². The van der Waals surface area contributed by atoms with Crippen molar-refractivity contribution in [1.82, 2.24) is 9.80 Å². The fourth-order valence-corrected chi connectivity index (χ4v) is 4.72. The van der Waals surface area contributed by atoms with E-state index < -0.39 is 0 Å². The number of hydrogen-bond donors (Lipinski definition) is 1. The van der Waals surface area contributed by atoms with Crippen LogP contribution < -0.4 is 5.32 Å². The summed E-state index contributed by atoms with van der Waals surface area (Å²) in [5, 5.41) is 4.96. The Bertz CT molecular complexity index is 960. The number of ether oxygens (including phenoxy) is 1. The van der Waals surface area contributed by atoms with E-state index in [1.54, 1.807) is 35.2 Å². The average molecular weight is 462 g/mol. The highest BCUT2D eigenvalue weighted by Gasteiger charge is 2.32. The van der Waals surface area contributed by atoms with Crippen LogP contribution in [0.3, 0.4) is 0 Å². The van der Waals surface area contributed by atoms with Gasteiger partial charge < -0.3 is 19.9 Å². The molecule has 1 aromatic heterocycles. The van der Waals surface area contributed by atoms with Crippen LogP contribution in [0.15, 0.2) is 35.7 Å². The number of morpholine rings is 1. The van der Waals surface area contributed by atoms with Gasteiger partial charge in [-0.1, -0.05) is 17.7 Å². The Morgan fingerprint density at radius 2 is 1.90 bits per heavy atom. The summed E-state index contributed by atoms with van der Waals surface area (Å²) in [5.41, 5.74) is 0.828. The second kappa shape index (κ2) is 9.80. The molecule has 2 saturated heterocycles. The Balaban J connectivity index is 1.44. The summed E-state index contributed by atoms with van der Waals surface area (Å²) in [7, 11) is 0. The molecule has 0 aliphatic carbocycles. The van der Waals surface area contributed by atoms with Gasteiger partial charge in [0.2, 0.25) is 5.91 Å². The topological polar surface area (TPSA) is 79.0 Å². The summed E-state index contributed by atoms with van der Waals surface area (Å²) in [6.45, 7) is 3.33. The third kappa shape index (κ3) is 5.08. The molecule has 0 bridgehead atoms. The van der Waals surface area contributed by atoms with E-state index in [2.05, 4.69) is 5.32 Å². The number of benzene rings is 1. The molecule has 1 aromatic carbocycles. The third-order valence-electron chi connectivity index (χ3n) is 5.59. The molecule has 0 radical (unpaired) electrons. The van der Waals surface area contributed by atoms with Crippen LogP contribution in [0, 0.1) is 5.92 Å². The normalized spacial score (nSPS) is 19.2. The molecule has 0 saturated carbocycles. The molecule has 2 aromatic rings. The summed E-state index contributed by atoms with van der Waals surface area (Å²) < 4.78 is 5.33. The van der Waals surface area contributed by atoms with Crippen LogP contribution in [-0.2, 0) is 9.53 Å². The lowest BCUT2D eigenvalue weighted by atomic mass is 9.95. The number of carbonyl (C=O) groups is 3. The van der Waals surface area contributed by atoms with Gasteiger partial charge in [0.25, 0.3) is 11.8 Å². The zero-order chi connectivity index (χ0) is 21.8. The minimum atomic E-state index is -0.268. The minimum absolute atomic E-state index is 0.0980. The molecule has 1 unspecified atom stereocenters. The van der Waals surface area contributed by atoms with Crippen molar-refractivity contribution in [3.05, 3.63) is 51.2 Å². The number of anilines is 1. The van der Waals surface area contributed by atoms with E-state index >= 15 is 0 Å². The van der Waals surface area contributed by atoms with E-state index in [4.69, 9.17) is 16.3 Å². The van der Waals surface area contributed by atoms with Gasteiger partial charge in [-0.15, -0.1) is 11.3 Å². The average Bonchev–Trinajstić information content (AvgIpc) is 3.35. The summed E-state index contributed by atoms with van der Waals surface area (Å²) in [4.78, 5) is 42.5. The van der Waals surface area contributed by atoms with Crippen molar-refractivity contribution < 1.29 is 19.1 Å². The zero-order valence-electron chi connectivity index (χ0n) is 17.0. The van der Waals surface area contributed by atoms with Crippen molar-refractivity contribution >= 4 is 46.3 Å². The number of rotatable bonds is 4. The van der Waals surface area contributed by atoms with Gasteiger partial charge in [-0.25, -0.2) is 0 Å². The molecule has 4 rings (SSSR count). The van der Waals surface area contributed by atoms with Gasteiger partial charge in [-0.05, 0) is 42.5 Å². The molecule has 7 nitrogen and oxygen atoms in total. The van der Waals surface area contributed by atoms with Crippen molar-refractivity contribution in [1.29, 1.82) is 0 Å². The van der Waals surface area contributed by atoms with Crippen molar-refractivity contribution in [2.24, 2.45) is 5.92 Å². The van der Waals surface area contributed by atoms with Gasteiger partial charge in [-0.2, -0.15) is 0 Å². The fourth-order valence-electron chi connectivity index (χ4n) is 3.93. The Morgan fingerprint density at radius 3 is 2.65 bits per heavy atom. The van der Waals surface area contributed by atoms with Gasteiger partial charge in [0.15, 0.2) is 0 Å². The van der Waals surface area contributed by atoms with E-state index in [0.717, 1.165) is 12.8 Å². The highest BCUT2D eigenvalue weighted by Crippen LogP contribution is 2.27. The van der Waals surface area contributed by atoms with Gasteiger partial charge in [0.05, 0.1) is 34.7 Å². The van der Waals surface area contributed by atoms with Crippen LogP contribution in [0.5, 0.6) is 0 Å². The molecule has 2 aliphatic rings. The van der Waals surface area contributed by atoms with Gasteiger partial charge in [0.1, 0.15) is 0 Å². The third-order valence-corrected chi connectivity index (χ3v) is 6.79. The lowest BCUT2D eigenvalue weighted by Gasteiger charge is -2.36. The zero-order valence-corrected chi connectivity index (χ0v) is 18.6. The van der Waals surface area contributed by atoms with Crippen LogP contribution in [0.2, 0.25) is 5.02 Å². The smallest absolute Gasteiger partial charge is 0.265 e. The van der Waals surface area contributed by atoms with E-state index in [1.165, 1.54) is 11.3 Å². The second-order valence-electron chi connectivity index (χ2n) is 7.65. The number of thiophene rings is 1. The Hall–Kier alpha value is -2.42. The molecule has 1 atom stereocenters. The molecule has 164 valence electrons. The van der Waals surface area contributed by atoms with Crippen molar-refractivity contribution in [3.63, 3.8) is 0 Å². The largest absolute Gasteiger partial charge is 0.378 e. The Labute approximate surface area is 189 Å². The Morgan fingerprint density at radius 1 is 1.10 bits per heavy atom. The maximum atomic E-state index is 13.1. The molecule has 0 spiro atoms. The number of halogens is 1. The van der Waals surface area contributed by atoms with Gasteiger partial charge >= 0.3 is 0 Å². The van der Waals surface area contributed by atoms with Crippen LogP contribution in [0.25, 0.3) is 0 Å². The highest BCUT2D eigenvalue weighted by molar-refractivity contribution is 7.12. The number of hydrogen-bond acceptors (Lipinski definition) is 5. The van der Waals surface area contributed by atoms with E-state index in [-0.39, 0.29) is 23.6 Å². The number of carbonyl (C=O) groups excluding carboxylic acids is 3.